The molecule has 0 unspecified atom stereocenters. The van der Waals surface area contributed by atoms with Gasteiger partial charge in [0.25, 0.3) is 0 Å². The molecular weight excluding hydrogens is 612 g/mol. The Hall–Kier alpha value is -5.01. The zero-order chi connectivity index (χ0) is 33.5. The smallest absolute Gasteiger partial charge is 0.408 e. The van der Waals surface area contributed by atoms with Crippen LogP contribution in [-0.4, -0.2) is 58.7 Å². The molecule has 4 atom stereocenters. The number of imidazole rings is 1. The molecule has 4 bridgehead atoms. The van der Waals surface area contributed by atoms with Gasteiger partial charge in [0, 0.05) is 43.9 Å². The van der Waals surface area contributed by atoms with E-state index in [2.05, 4.69) is 20.4 Å². The van der Waals surface area contributed by atoms with E-state index < -0.39 is 53.5 Å². The fourth-order valence-electron chi connectivity index (χ4n) is 6.97. The lowest BCUT2D eigenvalue weighted by Crippen LogP contribution is -2.44. The zero-order valence-corrected chi connectivity index (χ0v) is 26.9. The number of rotatable bonds is 2. The highest BCUT2D eigenvalue weighted by molar-refractivity contribution is 6.14. The molecule has 8 rings (SSSR count). The Labute approximate surface area is 267 Å². The SMILES string of the molecule is C[C@@H]1CC(=O)O[C@@H]2C[C@H](C[C@@H]2NC(=O)OC(C)(C)C)n2c(=O)n(C)c3cnc4[nH]c(-c5cn(C)nc5F)c(c4c32)-c2ccc1cc2F. The van der Waals surface area contributed by atoms with Crippen LogP contribution in [-0.2, 0) is 28.4 Å². The summed E-state index contributed by atoms with van der Waals surface area (Å²) in [5, 5.41) is 7.15. The van der Waals surface area contributed by atoms with Gasteiger partial charge in [0.1, 0.15) is 23.2 Å². The highest BCUT2D eigenvalue weighted by atomic mass is 19.1. The monoisotopic (exact) mass is 647 g/mol. The first kappa shape index (κ1) is 30.6. The van der Waals surface area contributed by atoms with Crippen LogP contribution in [0.5, 0.6) is 0 Å². The molecule has 246 valence electrons. The van der Waals surface area contributed by atoms with E-state index in [1.54, 1.807) is 58.5 Å². The maximum absolute atomic E-state index is 16.3. The molecule has 1 fully saturated rings. The molecular formula is C33H35F2N7O5. The molecule has 2 N–H and O–H groups in total. The molecule has 47 heavy (non-hydrogen) atoms. The number of benzene rings is 1. The van der Waals surface area contributed by atoms with Gasteiger partial charge in [-0.05, 0) is 44.7 Å². The normalized spacial score (nSPS) is 21.3. The van der Waals surface area contributed by atoms with Crippen molar-refractivity contribution in [1.29, 1.82) is 0 Å². The number of nitrogens with one attached hydrogen (secondary N) is 2. The van der Waals surface area contributed by atoms with Crippen molar-refractivity contribution in [2.24, 2.45) is 14.1 Å². The van der Waals surface area contributed by atoms with Crippen LogP contribution in [0.1, 0.15) is 64.5 Å². The highest BCUT2D eigenvalue weighted by Gasteiger charge is 2.42. The van der Waals surface area contributed by atoms with Crippen molar-refractivity contribution >= 4 is 34.1 Å². The molecule has 1 saturated carbocycles. The Bertz CT molecular complexity index is 2150. The number of halogens is 2. The van der Waals surface area contributed by atoms with Crippen LogP contribution in [0.4, 0.5) is 13.6 Å². The Morgan fingerprint density at radius 2 is 1.91 bits per heavy atom. The maximum atomic E-state index is 16.3. The molecule has 1 aromatic carbocycles. The summed E-state index contributed by atoms with van der Waals surface area (Å²) in [6.45, 7) is 7.04. The van der Waals surface area contributed by atoms with Gasteiger partial charge in [-0.25, -0.2) is 19.0 Å². The highest BCUT2D eigenvalue weighted by Crippen LogP contribution is 2.44. The van der Waals surface area contributed by atoms with Crippen molar-refractivity contribution in [3.8, 4) is 22.4 Å². The van der Waals surface area contributed by atoms with Gasteiger partial charge in [0.2, 0.25) is 5.95 Å². The van der Waals surface area contributed by atoms with Crippen LogP contribution in [0, 0.1) is 11.8 Å². The number of fused-ring (bicyclic) bond motifs is 5. The van der Waals surface area contributed by atoms with Crippen molar-refractivity contribution < 1.29 is 27.8 Å². The van der Waals surface area contributed by atoms with Crippen LogP contribution in [0.25, 0.3) is 44.5 Å². The Balaban J connectivity index is 1.51. The Kier molecular flexibility index (Phi) is 7.02. The van der Waals surface area contributed by atoms with E-state index in [-0.39, 0.29) is 41.8 Å². The van der Waals surface area contributed by atoms with E-state index in [1.165, 1.54) is 27.7 Å². The van der Waals surface area contributed by atoms with Gasteiger partial charge < -0.3 is 19.8 Å². The zero-order valence-electron chi connectivity index (χ0n) is 26.9. The molecule has 1 aliphatic carbocycles. The summed E-state index contributed by atoms with van der Waals surface area (Å²) < 4.78 is 47.3. The molecule has 0 radical (unpaired) electrons. The number of pyridine rings is 1. The van der Waals surface area contributed by atoms with Crippen molar-refractivity contribution in [3.63, 3.8) is 0 Å². The number of H-pyrrole nitrogens is 1. The van der Waals surface area contributed by atoms with Crippen molar-refractivity contribution in [2.75, 3.05) is 0 Å². The molecule has 3 aliphatic rings. The van der Waals surface area contributed by atoms with E-state index in [9.17, 15) is 14.4 Å². The number of alkyl carbamates (subject to hydrolysis) is 1. The molecule has 12 nitrogen and oxygen atoms in total. The molecule has 6 heterocycles. The number of aromatic amines is 1. The molecule has 4 aromatic heterocycles. The van der Waals surface area contributed by atoms with Crippen molar-refractivity contribution in [3.05, 3.63) is 58.4 Å². The number of nitrogens with zero attached hydrogens (tertiary/aromatic N) is 5. The lowest BCUT2D eigenvalue weighted by atomic mass is 9.93. The fourth-order valence-corrected chi connectivity index (χ4v) is 6.97. The second-order valence-corrected chi connectivity index (χ2v) is 13.6. The number of carbonyl (C=O) groups excluding carboxylic acids is 2. The Morgan fingerprint density at radius 1 is 1.15 bits per heavy atom. The first-order chi connectivity index (χ1) is 22.2. The van der Waals surface area contributed by atoms with E-state index >= 15 is 8.78 Å². The van der Waals surface area contributed by atoms with E-state index in [4.69, 9.17) is 9.47 Å². The average molecular weight is 648 g/mol. The number of aryl methyl sites for hydroxylation is 2. The number of ether oxygens (including phenoxy) is 2. The summed E-state index contributed by atoms with van der Waals surface area (Å²) in [5.41, 5.74) is 1.50. The number of hydrogen-bond acceptors (Lipinski definition) is 7. The summed E-state index contributed by atoms with van der Waals surface area (Å²) >= 11 is 0. The molecule has 1 amide bonds. The third-order valence-corrected chi connectivity index (χ3v) is 9.06. The number of aromatic nitrogens is 6. The van der Waals surface area contributed by atoms with Crippen LogP contribution >= 0.6 is 0 Å². The van der Waals surface area contributed by atoms with E-state index in [0.29, 0.717) is 33.2 Å². The van der Waals surface area contributed by atoms with E-state index in [1.807, 2.05) is 0 Å². The average Bonchev–Trinajstić information content (AvgIpc) is 3.70. The quantitative estimate of drug-likeness (QED) is 0.251. The lowest BCUT2D eigenvalue weighted by Gasteiger charge is -2.25. The van der Waals surface area contributed by atoms with Gasteiger partial charge in [-0.2, -0.15) is 4.39 Å². The van der Waals surface area contributed by atoms with Gasteiger partial charge in [-0.3, -0.25) is 18.6 Å². The molecule has 2 aliphatic heterocycles. The molecule has 14 heteroatoms. The minimum Gasteiger partial charge on any atom is -0.460 e. The van der Waals surface area contributed by atoms with Crippen LogP contribution in [0.3, 0.4) is 0 Å². The first-order valence-electron chi connectivity index (χ1n) is 15.5. The van der Waals surface area contributed by atoms with Crippen LogP contribution < -0.4 is 11.0 Å². The van der Waals surface area contributed by atoms with Crippen molar-refractivity contribution in [2.45, 2.75) is 76.7 Å². The maximum Gasteiger partial charge on any atom is 0.408 e. The number of amides is 1. The van der Waals surface area contributed by atoms with Gasteiger partial charge in [0.05, 0.1) is 46.3 Å². The largest absolute Gasteiger partial charge is 0.460 e. The summed E-state index contributed by atoms with van der Waals surface area (Å²) in [4.78, 5) is 48.0. The summed E-state index contributed by atoms with van der Waals surface area (Å²) in [5.74, 6) is -2.27. The molecule has 0 spiro atoms. The predicted molar refractivity (Wildman–Crippen MR) is 169 cm³/mol. The van der Waals surface area contributed by atoms with Crippen molar-refractivity contribution in [1.82, 2.24) is 34.2 Å². The first-order valence-corrected chi connectivity index (χ1v) is 15.5. The summed E-state index contributed by atoms with van der Waals surface area (Å²) in [6.07, 6.45) is 1.99. The molecule has 5 aromatic rings. The van der Waals surface area contributed by atoms with Gasteiger partial charge in [-0.1, -0.05) is 19.1 Å². The summed E-state index contributed by atoms with van der Waals surface area (Å²) in [7, 11) is 3.20. The van der Waals surface area contributed by atoms with Crippen LogP contribution in [0.15, 0.2) is 35.4 Å². The second kappa shape index (κ2) is 10.8. The van der Waals surface area contributed by atoms with Gasteiger partial charge >= 0.3 is 17.8 Å². The Morgan fingerprint density at radius 3 is 2.60 bits per heavy atom. The second-order valence-electron chi connectivity index (χ2n) is 13.6. The predicted octanol–water partition coefficient (Wildman–Crippen LogP) is 5.21. The third-order valence-electron chi connectivity index (χ3n) is 9.06. The number of hydrogen-bond donors (Lipinski definition) is 2. The minimum atomic E-state index is -0.777. The molecule has 0 saturated heterocycles. The van der Waals surface area contributed by atoms with E-state index in [0.717, 1.165) is 0 Å². The topological polar surface area (TPSA) is 138 Å². The van der Waals surface area contributed by atoms with Gasteiger partial charge in [-0.15, -0.1) is 5.10 Å². The minimum absolute atomic E-state index is 0.0423. The number of carbonyl (C=O) groups is 2. The van der Waals surface area contributed by atoms with Crippen LogP contribution in [0.2, 0.25) is 0 Å². The van der Waals surface area contributed by atoms with Gasteiger partial charge in [0.15, 0.2) is 0 Å². The third kappa shape index (κ3) is 5.15. The number of esters is 1. The summed E-state index contributed by atoms with van der Waals surface area (Å²) in [6, 6.07) is 3.47. The fraction of sp³-hybridized carbons (Fsp3) is 0.424. The lowest BCUT2D eigenvalue weighted by molar-refractivity contribution is -0.150. The standard InChI is InChI=1S/C33H35F2N7O5/c1-15-9-24(43)46-23-12-17(11-21(23)37-31(44)47-33(2,3)4)42-28-22(41(6)32(42)45)13-36-30-26(28)25(18-8-7-16(15)10-20(18)34)27(38-30)19-14-40(5)39-29(19)35/h7-8,10,13-15,17,21,23H,9,11-12H2,1-6H3,(H,36,38)(H,37,44)/t15-,17+,21+,23-/m1/s1.